The molecule has 0 aliphatic rings. The molecule has 0 heterocycles. The van der Waals surface area contributed by atoms with Gasteiger partial charge in [0.2, 0.25) is 5.91 Å². The van der Waals surface area contributed by atoms with E-state index < -0.39 is 11.7 Å². The Kier molecular flexibility index (Phi) is 10.1. The van der Waals surface area contributed by atoms with Crippen molar-refractivity contribution in [2.75, 3.05) is 27.4 Å². The van der Waals surface area contributed by atoms with E-state index in [-0.39, 0.29) is 23.9 Å². The second-order valence-corrected chi connectivity index (χ2v) is 10.7. The molecule has 9 heteroatoms. The van der Waals surface area contributed by atoms with Crippen LogP contribution in [0.4, 0.5) is 33.2 Å². The lowest BCUT2D eigenvalue weighted by Crippen LogP contribution is -2.27. The fourth-order valence-corrected chi connectivity index (χ4v) is 3.99. The Balaban J connectivity index is 1.77. The van der Waals surface area contributed by atoms with E-state index in [0.29, 0.717) is 33.9 Å². The first-order chi connectivity index (χ1) is 18.9. The van der Waals surface area contributed by atoms with Crippen LogP contribution in [-0.2, 0) is 22.4 Å². The van der Waals surface area contributed by atoms with E-state index in [1.807, 2.05) is 12.1 Å². The molecular formula is C31H39N5O4. The van der Waals surface area contributed by atoms with Crippen LogP contribution in [0, 0.1) is 0 Å². The largest absolute Gasteiger partial charge is 0.444 e. The maximum atomic E-state index is 12.9. The van der Waals surface area contributed by atoms with E-state index in [9.17, 15) is 14.4 Å². The Morgan fingerprint density at radius 1 is 0.825 bits per heavy atom. The number of carbonyl (C=O) groups excluding carboxylic acids is 3. The van der Waals surface area contributed by atoms with Gasteiger partial charge in [0.1, 0.15) is 5.60 Å². The average molecular weight is 546 g/mol. The summed E-state index contributed by atoms with van der Waals surface area (Å²) in [5.41, 5.74) is 15.3. The number of hydrogen-bond donors (Lipinski definition) is 5. The molecule has 0 fully saturated rings. The minimum atomic E-state index is -0.727. The summed E-state index contributed by atoms with van der Waals surface area (Å²) >= 11 is 0. The molecule has 9 nitrogen and oxygen atoms in total. The standard InChI is InChI=1S/C31H39N5O4/c1-5-6-7-8-20-9-11-21(12-10-20)29(38)34-24-15-16-26(27(19-24)36-30(39)40-31(2,3)4)35-28(37)17-22-13-14-23(32)18-25(22)33/h9-16,18-19H,5-8,17,32-33H2,1-4H3,(H,34,38)(H,35,37)(H,36,39). The highest BCUT2D eigenvalue weighted by Gasteiger charge is 2.19. The predicted molar refractivity (Wildman–Crippen MR) is 162 cm³/mol. The second kappa shape index (κ2) is 13.5. The third kappa shape index (κ3) is 9.34. The Hall–Kier alpha value is -4.53. The maximum Gasteiger partial charge on any atom is 0.412 e. The minimum absolute atomic E-state index is 0.00488. The molecule has 0 radical (unpaired) electrons. The molecule has 0 aromatic heterocycles. The number of carbonyl (C=O) groups is 3. The summed E-state index contributed by atoms with van der Waals surface area (Å²) in [7, 11) is 0. The number of nitrogens with one attached hydrogen (secondary N) is 3. The van der Waals surface area contributed by atoms with Crippen LogP contribution < -0.4 is 27.4 Å². The smallest absolute Gasteiger partial charge is 0.412 e. The lowest BCUT2D eigenvalue weighted by molar-refractivity contribution is -0.115. The monoisotopic (exact) mass is 545 g/mol. The van der Waals surface area contributed by atoms with Gasteiger partial charge in [0.05, 0.1) is 17.8 Å². The van der Waals surface area contributed by atoms with E-state index in [1.54, 1.807) is 69.3 Å². The summed E-state index contributed by atoms with van der Waals surface area (Å²) in [5, 5.41) is 8.32. The summed E-state index contributed by atoms with van der Waals surface area (Å²) in [4.78, 5) is 38.3. The van der Waals surface area contributed by atoms with Crippen molar-refractivity contribution < 1.29 is 19.1 Å². The number of amides is 3. The van der Waals surface area contributed by atoms with Crippen molar-refractivity contribution in [1.82, 2.24) is 0 Å². The molecule has 0 aliphatic carbocycles. The molecular weight excluding hydrogens is 506 g/mol. The number of ether oxygens (including phenoxy) is 1. The van der Waals surface area contributed by atoms with Crippen LogP contribution in [0.2, 0.25) is 0 Å². The molecule has 0 atom stereocenters. The zero-order valence-electron chi connectivity index (χ0n) is 23.6. The number of rotatable bonds is 10. The van der Waals surface area contributed by atoms with Gasteiger partial charge in [-0.2, -0.15) is 0 Å². The minimum Gasteiger partial charge on any atom is -0.444 e. The third-order valence-electron chi connectivity index (χ3n) is 5.99. The number of aryl methyl sites for hydroxylation is 1. The van der Waals surface area contributed by atoms with Crippen molar-refractivity contribution >= 4 is 46.3 Å². The molecule has 212 valence electrons. The van der Waals surface area contributed by atoms with Gasteiger partial charge in [0.15, 0.2) is 0 Å². The van der Waals surface area contributed by atoms with Crippen molar-refractivity contribution in [3.8, 4) is 0 Å². The van der Waals surface area contributed by atoms with Crippen LogP contribution >= 0.6 is 0 Å². The molecule has 0 spiro atoms. The summed E-state index contributed by atoms with van der Waals surface area (Å²) < 4.78 is 5.38. The molecule has 3 amide bonds. The zero-order valence-corrected chi connectivity index (χ0v) is 23.6. The number of anilines is 5. The van der Waals surface area contributed by atoms with Crippen LogP contribution in [0.1, 0.15) is 68.4 Å². The molecule has 3 aromatic carbocycles. The van der Waals surface area contributed by atoms with E-state index >= 15 is 0 Å². The van der Waals surface area contributed by atoms with Crippen LogP contribution in [0.15, 0.2) is 60.7 Å². The summed E-state index contributed by atoms with van der Waals surface area (Å²) in [6.45, 7) is 7.41. The van der Waals surface area contributed by atoms with Gasteiger partial charge in [-0.3, -0.25) is 14.9 Å². The van der Waals surface area contributed by atoms with Gasteiger partial charge in [-0.15, -0.1) is 0 Å². The zero-order chi connectivity index (χ0) is 29.3. The second-order valence-electron chi connectivity index (χ2n) is 10.7. The quantitative estimate of drug-likeness (QED) is 0.148. The number of nitrogen functional groups attached to an aromatic ring is 2. The normalized spacial score (nSPS) is 11.0. The van der Waals surface area contributed by atoms with Gasteiger partial charge < -0.3 is 26.8 Å². The summed E-state index contributed by atoms with van der Waals surface area (Å²) in [6, 6.07) is 17.3. The first-order valence-corrected chi connectivity index (χ1v) is 13.4. The molecule has 0 saturated heterocycles. The van der Waals surface area contributed by atoms with Gasteiger partial charge in [0.25, 0.3) is 5.91 Å². The third-order valence-corrected chi connectivity index (χ3v) is 5.99. The first-order valence-electron chi connectivity index (χ1n) is 13.4. The molecule has 0 saturated carbocycles. The SMILES string of the molecule is CCCCCc1ccc(C(=O)Nc2ccc(NC(=O)Cc3ccc(N)cc3N)c(NC(=O)OC(C)(C)C)c2)cc1. The molecule has 3 aromatic rings. The topological polar surface area (TPSA) is 149 Å². The van der Waals surface area contributed by atoms with Crippen molar-refractivity contribution in [2.24, 2.45) is 0 Å². The summed E-state index contributed by atoms with van der Waals surface area (Å²) in [6.07, 6.45) is 3.73. The lowest BCUT2D eigenvalue weighted by Gasteiger charge is -2.21. The van der Waals surface area contributed by atoms with Gasteiger partial charge in [-0.25, -0.2) is 4.79 Å². The van der Waals surface area contributed by atoms with Crippen molar-refractivity contribution in [3.63, 3.8) is 0 Å². The fraction of sp³-hybridized carbons (Fsp3) is 0.323. The van der Waals surface area contributed by atoms with Crippen LogP contribution in [0.25, 0.3) is 0 Å². The summed E-state index contributed by atoms with van der Waals surface area (Å²) in [5.74, 6) is -0.640. The van der Waals surface area contributed by atoms with E-state index in [0.717, 1.165) is 19.3 Å². The van der Waals surface area contributed by atoms with Crippen LogP contribution in [0.5, 0.6) is 0 Å². The highest BCUT2D eigenvalue weighted by Crippen LogP contribution is 2.28. The lowest BCUT2D eigenvalue weighted by atomic mass is 10.1. The highest BCUT2D eigenvalue weighted by molar-refractivity contribution is 6.06. The van der Waals surface area contributed by atoms with Crippen LogP contribution in [-0.4, -0.2) is 23.5 Å². The molecule has 3 rings (SSSR count). The predicted octanol–water partition coefficient (Wildman–Crippen LogP) is 6.36. The average Bonchev–Trinajstić information content (AvgIpc) is 2.86. The Morgan fingerprint density at radius 2 is 1.55 bits per heavy atom. The van der Waals surface area contributed by atoms with E-state index in [4.69, 9.17) is 16.2 Å². The first kappa shape index (κ1) is 30.0. The molecule has 40 heavy (non-hydrogen) atoms. The number of nitrogens with two attached hydrogens (primary N) is 2. The van der Waals surface area contributed by atoms with E-state index in [2.05, 4.69) is 22.9 Å². The Labute approximate surface area is 235 Å². The van der Waals surface area contributed by atoms with Gasteiger partial charge in [-0.1, -0.05) is 38.0 Å². The highest BCUT2D eigenvalue weighted by atomic mass is 16.6. The van der Waals surface area contributed by atoms with E-state index in [1.165, 1.54) is 12.0 Å². The molecule has 0 unspecified atom stereocenters. The fourth-order valence-electron chi connectivity index (χ4n) is 3.99. The van der Waals surface area contributed by atoms with Gasteiger partial charge in [-0.05, 0) is 87.2 Å². The number of hydrogen-bond acceptors (Lipinski definition) is 6. The van der Waals surface area contributed by atoms with Crippen molar-refractivity contribution in [1.29, 1.82) is 0 Å². The molecule has 0 bridgehead atoms. The number of benzene rings is 3. The Morgan fingerprint density at radius 3 is 2.20 bits per heavy atom. The number of unbranched alkanes of at least 4 members (excludes halogenated alkanes) is 2. The Bertz CT molecular complexity index is 1350. The van der Waals surface area contributed by atoms with Gasteiger partial charge >= 0.3 is 6.09 Å². The van der Waals surface area contributed by atoms with Crippen LogP contribution in [0.3, 0.4) is 0 Å². The molecule has 7 N–H and O–H groups in total. The van der Waals surface area contributed by atoms with Crippen molar-refractivity contribution in [3.05, 3.63) is 77.4 Å². The maximum absolute atomic E-state index is 12.9. The van der Waals surface area contributed by atoms with Crippen molar-refractivity contribution in [2.45, 2.75) is 65.4 Å². The molecule has 0 aliphatic heterocycles. The van der Waals surface area contributed by atoms with Gasteiger partial charge in [0, 0.05) is 22.6 Å².